The highest BCUT2D eigenvalue weighted by molar-refractivity contribution is 7.92. The van der Waals surface area contributed by atoms with Crippen molar-refractivity contribution in [3.05, 3.63) is 101 Å². The monoisotopic (exact) mass is 430 g/mol. The summed E-state index contributed by atoms with van der Waals surface area (Å²) in [7, 11) is -3.67. The van der Waals surface area contributed by atoms with E-state index in [0.29, 0.717) is 16.5 Å². The van der Waals surface area contributed by atoms with E-state index >= 15 is 0 Å². The molecule has 4 nitrogen and oxygen atoms in total. The molecule has 1 aliphatic heterocycles. The molecule has 3 aromatic rings. The van der Waals surface area contributed by atoms with Crippen molar-refractivity contribution >= 4 is 21.4 Å². The Morgan fingerprint density at radius 1 is 0.968 bits per heavy atom. The number of anilines is 2. The van der Waals surface area contributed by atoms with E-state index < -0.39 is 10.0 Å². The minimum atomic E-state index is -3.67. The summed E-state index contributed by atoms with van der Waals surface area (Å²) in [6.07, 6.45) is 5.44. The summed E-state index contributed by atoms with van der Waals surface area (Å²) >= 11 is 0. The summed E-state index contributed by atoms with van der Waals surface area (Å²) in [6.45, 7) is 4.01. The Bertz CT molecular complexity index is 1280. The molecule has 0 spiro atoms. The van der Waals surface area contributed by atoms with Crippen LogP contribution in [-0.4, -0.2) is 8.42 Å². The van der Waals surface area contributed by atoms with Gasteiger partial charge in [-0.25, -0.2) is 8.42 Å². The first-order valence-corrected chi connectivity index (χ1v) is 12.1. The summed E-state index contributed by atoms with van der Waals surface area (Å²) < 4.78 is 29.0. The van der Waals surface area contributed by atoms with E-state index in [2.05, 4.69) is 53.4 Å². The lowest BCUT2D eigenvalue weighted by Gasteiger charge is -2.37. The molecule has 0 fully saturated rings. The molecule has 5 rings (SSSR count). The molecule has 1 aliphatic carbocycles. The van der Waals surface area contributed by atoms with Gasteiger partial charge in [-0.1, -0.05) is 60.2 Å². The molecule has 158 valence electrons. The summed E-state index contributed by atoms with van der Waals surface area (Å²) in [4.78, 5) is 0.296. The quantitative estimate of drug-likeness (QED) is 0.504. The predicted octanol–water partition coefficient (Wildman–Crippen LogP) is 5.93. The lowest BCUT2D eigenvalue weighted by molar-refractivity contribution is 0.425. The van der Waals surface area contributed by atoms with Crippen LogP contribution in [0, 0.1) is 19.8 Å². The van der Waals surface area contributed by atoms with Crippen molar-refractivity contribution in [2.75, 3.05) is 10.0 Å². The Balaban J connectivity index is 1.51. The van der Waals surface area contributed by atoms with Gasteiger partial charge in [0.15, 0.2) is 0 Å². The Hall–Kier alpha value is -3.05. The van der Waals surface area contributed by atoms with Crippen LogP contribution >= 0.6 is 0 Å². The van der Waals surface area contributed by atoms with Gasteiger partial charge < -0.3 is 5.32 Å². The number of benzene rings is 3. The van der Waals surface area contributed by atoms with Gasteiger partial charge in [-0.2, -0.15) is 0 Å². The van der Waals surface area contributed by atoms with Gasteiger partial charge in [-0.15, -0.1) is 0 Å². The third-order valence-corrected chi connectivity index (χ3v) is 7.80. The first-order chi connectivity index (χ1) is 14.9. The predicted molar refractivity (Wildman–Crippen MR) is 126 cm³/mol. The fourth-order valence-electron chi connectivity index (χ4n) is 4.82. The minimum Gasteiger partial charge on any atom is -0.378 e. The highest BCUT2D eigenvalue weighted by atomic mass is 32.2. The van der Waals surface area contributed by atoms with Gasteiger partial charge in [0.25, 0.3) is 10.0 Å². The standard InChI is InChI=1S/C26H26N2O2S/c1-17-7-5-9-19(15-17)26-22-11-6-10-21(22)23-16-20(13-14-25(23)27-26)31(29,30)28-24-12-4-3-8-18(24)2/h3-10,12-16,21-22,26-28H,11H2,1-2H3/t21-,22+,26+/m0/s1. The van der Waals surface area contributed by atoms with Crippen molar-refractivity contribution in [3.63, 3.8) is 0 Å². The summed E-state index contributed by atoms with van der Waals surface area (Å²) in [5.74, 6) is 0.576. The van der Waals surface area contributed by atoms with Gasteiger partial charge in [0.1, 0.15) is 0 Å². The van der Waals surface area contributed by atoms with Crippen molar-refractivity contribution in [3.8, 4) is 0 Å². The molecule has 3 aromatic carbocycles. The van der Waals surface area contributed by atoms with Crippen LogP contribution < -0.4 is 10.0 Å². The molecule has 0 unspecified atom stereocenters. The Kier molecular flexibility index (Phi) is 4.86. The van der Waals surface area contributed by atoms with E-state index in [0.717, 1.165) is 23.2 Å². The number of hydrogen-bond acceptors (Lipinski definition) is 3. The van der Waals surface area contributed by atoms with Crippen LogP contribution in [0.15, 0.2) is 83.8 Å². The summed E-state index contributed by atoms with van der Waals surface area (Å²) in [6, 6.07) is 21.7. The lowest BCUT2D eigenvalue weighted by atomic mass is 9.77. The molecule has 0 radical (unpaired) electrons. The zero-order valence-electron chi connectivity index (χ0n) is 17.7. The van der Waals surface area contributed by atoms with Crippen molar-refractivity contribution in [2.24, 2.45) is 5.92 Å². The van der Waals surface area contributed by atoms with Crippen LogP contribution in [0.25, 0.3) is 0 Å². The van der Waals surface area contributed by atoms with Crippen molar-refractivity contribution in [1.29, 1.82) is 0 Å². The molecule has 5 heteroatoms. The molecule has 3 atom stereocenters. The molecule has 0 bridgehead atoms. The maximum absolute atomic E-state index is 13.1. The fourth-order valence-corrected chi connectivity index (χ4v) is 5.99. The van der Waals surface area contributed by atoms with Crippen LogP contribution in [0.3, 0.4) is 0 Å². The molecule has 1 heterocycles. The van der Waals surface area contributed by atoms with Gasteiger partial charge in [0.05, 0.1) is 16.6 Å². The topological polar surface area (TPSA) is 58.2 Å². The number of rotatable bonds is 4. The van der Waals surface area contributed by atoms with E-state index in [-0.39, 0.29) is 12.0 Å². The van der Waals surface area contributed by atoms with E-state index in [1.807, 2.05) is 37.3 Å². The van der Waals surface area contributed by atoms with Crippen molar-refractivity contribution in [1.82, 2.24) is 0 Å². The fraction of sp³-hybridized carbons (Fsp3) is 0.231. The third-order valence-electron chi connectivity index (χ3n) is 6.44. The maximum Gasteiger partial charge on any atom is 0.261 e. The zero-order valence-corrected chi connectivity index (χ0v) is 18.5. The van der Waals surface area contributed by atoms with Crippen LogP contribution in [0.1, 0.15) is 40.6 Å². The number of fused-ring (bicyclic) bond motifs is 3. The molecule has 2 N–H and O–H groups in total. The molecular weight excluding hydrogens is 404 g/mol. The number of aryl methyl sites for hydroxylation is 2. The number of sulfonamides is 1. The van der Waals surface area contributed by atoms with Gasteiger partial charge in [0, 0.05) is 11.6 Å². The van der Waals surface area contributed by atoms with Crippen LogP contribution in [0.2, 0.25) is 0 Å². The first-order valence-electron chi connectivity index (χ1n) is 10.6. The van der Waals surface area contributed by atoms with E-state index in [1.165, 1.54) is 11.1 Å². The SMILES string of the molecule is Cc1cccc([C@H]2Nc3ccc(S(=O)(=O)Nc4ccccc4C)cc3[C@H]3C=CC[C@H]32)c1. The number of nitrogens with one attached hydrogen (secondary N) is 2. The normalized spacial score (nSPS) is 21.8. The maximum atomic E-state index is 13.1. The van der Waals surface area contributed by atoms with Gasteiger partial charge >= 0.3 is 0 Å². The summed E-state index contributed by atoms with van der Waals surface area (Å²) in [5, 5.41) is 3.69. The van der Waals surface area contributed by atoms with Crippen molar-refractivity contribution in [2.45, 2.75) is 37.1 Å². The van der Waals surface area contributed by atoms with E-state index in [4.69, 9.17) is 0 Å². The lowest BCUT2D eigenvalue weighted by Crippen LogP contribution is -2.29. The second-order valence-electron chi connectivity index (χ2n) is 8.56. The molecule has 2 aliphatic rings. The zero-order chi connectivity index (χ0) is 21.6. The van der Waals surface area contributed by atoms with Gasteiger partial charge in [-0.05, 0) is 67.1 Å². The second-order valence-corrected chi connectivity index (χ2v) is 10.2. The molecule has 0 amide bonds. The highest BCUT2D eigenvalue weighted by Crippen LogP contribution is 2.50. The number of allylic oxidation sites excluding steroid dienone is 2. The highest BCUT2D eigenvalue weighted by Gasteiger charge is 2.38. The number of para-hydroxylation sites is 1. The molecular formula is C26H26N2O2S. The average Bonchev–Trinajstić information content (AvgIpc) is 3.24. The molecule has 0 saturated heterocycles. The molecule has 31 heavy (non-hydrogen) atoms. The van der Waals surface area contributed by atoms with E-state index in [9.17, 15) is 8.42 Å². The first kappa shape index (κ1) is 19.9. The molecule has 0 saturated carbocycles. The van der Waals surface area contributed by atoms with Crippen molar-refractivity contribution < 1.29 is 8.42 Å². The van der Waals surface area contributed by atoms with Crippen LogP contribution in [0.4, 0.5) is 11.4 Å². The van der Waals surface area contributed by atoms with E-state index in [1.54, 1.807) is 12.1 Å². The van der Waals surface area contributed by atoms with Crippen LogP contribution in [0.5, 0.6) is 0 Å². The Morgan fingerprint density at radius 2 is 1.81 bits per heavy atom. The van der Waals surface area contributed by atoms with Gasteiger partial charge in [0.2, 0.25) is 0 Å². The summed E-state index contributed by atoms with van der Waals surface area (Å²) in [5.41, 5.74) is 6.09. The largest absolute Gasteiger partial charge is 0.378 e. The molecule has 0 aromatic heterocycles. The minimum absolute atomic E-state index is 0.204. The number of hydrogen-bond donors (Lipinski definition) is 2. The average molecular weight is 431 g/mol. The Labute approximate surface area is 184 Å². The Morgan fingerprint density at radius 3 is 2.61 bits per heavy atom. The smallest absolute Gasteiger partial charge is 0.261 e. The van der Waals surface area contributed by atoms with Crippen LogP contribution in [-0.2, 0) is 10.0 Å². The van der Waals surface area contributed by atoms with Gasteiger partial charge in [-0.3, -0.25) is 4.72 Å². The second kappa shape index (κ2) is 7.57. The third kappa shape index (κ3) is 3.63.